The van der Waals surface area contributed by atoms with Gasteiger partial charge in [-0.25, -0.2) is 0 Å². The van der Waals surface area contributed by atoms with Crippen LogP contribution < -0.4 is 5.32 Å². The summed E-state index contributed by atoms with van der Waals surface area (Å²) in [7, 11) is 0. The molecule has 1 heterocycles. The van der Waals surface area contributed by atoms with E-state index in [0.717, 1.165) is 5.56 Å². The van der Waals surface area contributed by atoms with Crippen LogP contribution in [0.2, 0.25) is 0 Å². The van der Waals surface area contributed by atoms with Crippen molar-refractivity contribution in [2.45, 2.75) is 13.1 Å². The average Bonchev–Trinajstić information content (AvgIpc) is 3.09. The van der Waals surface area contributed by atoms with Crippen LogP contribution in [0.4, 0.5) is 5.69 Å². The number of nitro groups is 1. The summed E-state index contributed by atoms with van der Waals surface area (Å²) in [6.07, 6.45) is 0. The lowest BCUT2D eigenvalue weighted by Crippen LogP contribution is -2.28. The topological polar surface area (TPSA) is 116 Å². The molecule has 3 aromatic rings. The third-order valence-electron chi connectivity index (χ3n) is 3.41. The summed E-state index contributed by atoms with van der Waals surface area (Å²) in [6.45, 7) is 0.358. The molecular weight excluding hydrogens is 324 g/mol. The number of nitrogens with one attached hydrogen (secondary N) is 1. The Balaban J connectivity index is 1.59. The molecule has 3 rings (SSSR count). The van der Waals surface area contributed by atoms with Gasteiger partial charge in [0.15, 0.2) is 0 Å². The van der Waals surface area contributed by atoms with Crippen molar-refractivity contribution in [2.24, 2.45) is 0 Å². The monoisotopic (exact) mass is 338 g/mol. The first kappa shape index (κ1) is 16.2. The van der Waals surface area contributed by atoms with Crippen molar-refractivity contribution >= 4 is 11.6 Å². The highest BCUT2D eigenvalue weighted by molar-refractivity contribution is 5.75. The van der Waals surface area contributed by atoms with Gasteiger partial charge in [0, 0.05) is 24.2 Å². The number of non-ortho nitro benzene ring substituents is 1. The fourth-order valence-corrected chi connectivity index (χ4v) is 2.14. The molecule has 25 heavy (non-hydrogen) atoms. The van der Waals surface area contributed by atoms with Crippen LogP contribution >= 0.6 is 0 Å². The zero-order valence-corrected chi connectivity index (χ0v) is 13.1. The second-order valence-corrected chi connectivity index (χ2v) is 5.21. The number of tetrazole rings is 1. The summed E-state index contributed by atoms with van der Waals surface area (Å²) in [6, 6.07) is 15.3. The lowest BCUT2D eigenvalue weighted by atomic mass is 10.2. The van der Waals surface area contributed by atoms with Gasteiger partial charge in [-0.2, -0.15) is 4.80 Å². The van der Waals surface area contributed by atoms with Crippen LogP contribution in [-0.4, -0.2) is 31.0 Å². The minimum Gasteiger partial charge on any atom is -0.350 e. The number of aromatic nitrogens is 4. The molecule has 0 radical (unpaired) electrons. The van der Waals surface area contributed by atoms with Crippen LogP contribution in [0.15, 0.2) is 54.6 Å². The summed E-state index contributed by atoms with van der Waals surface area (Å²) in [4.78, 5) is 23.3. The highest BCUT2D eigenvalue weighted by atomic mass is 16.6. The van der Waals surface area contributed by atoms with Gasteiger partial charge in [-0.3, -0.25) is 14.9 Å². The molecule has 1 amide bonds. The van der Waals surface area contributed by atoms with Crippen molar-refractivity contribution in [1.29, 1.82) is 0 Å². The van der Waals surface area contributed by atoms with Gasteiger partial charge >= 0.3 is 0 Å². The summed E-state index contributed by atoms with van der Waals surface area (Å²) in [5, 5.41) is 25.2. The first-order valence-corrected chi connectivity index (χ1v) is 7.45. The highest BCUT2D eigenvalue weighted by Crippen LogP contribution is 2.18. The normalized spacial score (nSPS) is 10.4. The first-order chi connectivity index (χ1) is 12.1. The Kier molecular flexibility index (Phi) is 4.74. The summed E-state index contributed by atoms with van der Waals surface area (Å²) in [5.74, 6) is 0.0576. The predicted octanol–water partition coefficient (Wildman–Crippen LogP) is 1.56. The molecule has 0 saturated carbocycles. The number of benzene rings is 2. The number of nitrogens with zero attached hydrogens (tertiary/aromatic N) is 5. The van der Waals surface area contributed by atoms with Crippen molar-refractivity contribution in [3.05, 3.63) is 70.3 Å². The molecule has 126 valence electrons. The van der Waals surface area contributed by atoms with Crippen LogP contribution in [-0.2, 0) is 17.9 Å². The number of rotatable bonds is 6. The van der Waals surface area contributed by atoms with Gasteiger partial charge < -0.3 is 5.32 Å². The van der Waals surface area contributed by atoms with E-state index in [0.29, 0.717) is 17.9 Å². The van der Waals surface area contributed by atoms with E-state index >= 15 is 0 Å². The predicted molar refractivity (Wildman–Crippen MR) is 88.2 cm³/mol. The van der Waals surface area contributed by atoms with Crippen molar-refractivity contribution in [3.63, 3.8) is 0 Å². The van der Waals surface area contributed by atoms with Gasteiger partial charge in [-0.15, -0.1) is 10.2 Å². The number of carbonyl (C=O) groups excluding carboxylic acids is 1. The molecule has 0 spiro atoms. The molecule has 0 saturated heterocycles. The molecule has 1 N–H and O–H groups in total. The Labute approximate surface area is 142 Å². The van der Waals surface area contributed by atoms with Crippen molar-refractivity contribution in [3.8, 4) is 11.4 Å². The maximum atomic E-state index is 11.9. The van der Waals surface area contributed by atoms with E-state index in [1.165, 1.54) is 29.1 Å². The molecule has 0 fully saturated rings. The standard InChI is InChI=1S/C16H14N6O3/c23-15(17-10-12-4-2-1-3-5-12)11-21-19-16(18-20-21)13-6-8-14(9-7-13)22(24)25/h1-9H,10-11H2,(H,17,23). The third-order valence-corrected chi connectivity index (χ3v) is 3.41. The number of hydrogen-bond acceptors (Lipinski definition) is 6. The molecule has 0 bridgehead atoms. The quantitative estimate of drug-likeness (QED) is 0.538. The Hall–Kier alpha value is -3.62. The van der Waals surface area contributed by atoms with Gasteiger partial charge in [-0.1, -0.05) is 30.3 Å². The molecule has 9 heteroatoms. The van der Waals surface area contributed by atoms with E-state index in [-0.39, 0.29) is 18.1 Å². The van der Waals surface area contributed by atoms with E-state index in [9.17, 15) is 14.9 Å². The van der Waals surface area contributed by atoms with Gasteiger partial charge in [-0.05, 0) is 22.9 Å². The smallest absolute Gasteiger partial charge is 0.269 e. The molecular formula is C16H14N6O3. The van der Waals surface area contributed by atoms with Gasteiger partial charge in [0.25, 0.3) is 5.69 Å². The van der Waals surface area contributed by atoms with Crippen LogP contribution in [0.1, 0.15) is 5.56 Å². The number of carbonyl (C=O) groups is 1. The summed E-state index contributed by atoms with van der Waals surface area (Å²) in [5.41, 5.74) is 1.56. The second-order valence-electron chi connectivity index (χ2n) is 5.21. The summed E-state index contributed by atoms with van der Waals surface area (Å²) < 4.78 is 0. The van der Waals surface area contributed by atoms with Gasteiger partial charge in [0.2, 0.25) is 11.7 Å². The molecule has 1 aromatic heterocycles. The van der Waals surface area contributed by atoms with Gasteiger partial charge in [0.1, 0.15) is 6.54 Å². The molecule has 0 aliphatic carbocycles. The second kappa shape index (κ2) is 7.30. The number of hydrogen-bond donors (Lipinski definition) is 1. The van der Waals surface area contributed by atoms with E-state index in [4.69, 9.17) is 0 Å². The average molecular weight is 338 g/mol. The Bertz CT molecular complexity index is 876. The fraction of sp³-hybridized carbons (Fsp3) is 0.125. The molecule has 0 aliphatic rings. The third kappa shape index (κ3) is 4.22. The largest absolute Gasteiger partial charge is 0.350 e. The van der Waals surface area contributed by atoms with Crippen molar-refractivity contribution in [1.82, 2.24) is 25.5 Å². The van der Waals surface area contributed by atoms with E-state index < -0.39 is 4.92 Å². The first-order valence-electron chi connectivity index (χ1n) is 7.45. The lowest BCUT2D eigenvalue weighted by molar-refractivity contribution is -0.384. The maximum Gasteiger partial charge on any atom is 0.269 e. The Morgan fingerprint density at radius 2 is 1.84 bits per heavy atom. The fourth-order valence-electron chi connectivity index (χ4n) is 2.14. The van der Waals surface area contributed by atoms with E-state index in [1.54, 1.807) is 0 Å². The minimum absolute atomic E-state index is 0.0172. The lowest BCUT2D eigenvalue weighted by Gasteiger charge is -2.04. The molecule has 2 aromatic carbocycles. The SMILES string of the molecule is O=C(Cn1nnc(-c2ccc([N+](=O)[O-])cc2)n1)NCc1ccccc1. The minimum atomic E-state index is -0.481. The van der Waals surface area contributed by atoms with Crippen molar-refractivity contribution < 1.29 is 9.72 Å². The van der Waals surface area contributed by atoms with Gasteiger partial charge in [0.05, 0.1) is 4.92 Å². The van der Waals surface area contributed by atoms with Crippen molar-refractivity contribution in [2.75, 3.05) is 0 Å². The summed E-state index contributed by atoms with van der Waals surface area (Å²) >= 11 is 0. The Morgan fingerprint density at radius 3 is 2.52 bits per heavy atom. The van der Waals surface area contributed by atoms with Crippen LogP contribution in [0.3, 0.4) is 0 Å². The van der Waals surface area contributed by atoms with Crippen LogP contribution in [0.25, 0.3) is 11.4 Å². The van der Waals surface area contributed by atoms with Crippen LogP contribution in [0, 0.1) is 10.1 Å². The Morgan fingerprint density at radius 1 is 1.12 bits per heavy atom. The molecule has 0 unspecified atom stereocenters. The molecule has 0 atom stereocenters. The maximum absolute atomic E-state index is 11.9. The zero-order valence-electron chi connectivity index (χ0n) is 13.1. The zero-order chi connectivity index (χ0) is 17.6. The molecule has 0 aliphatic heterocycles. The highest BCUT2D eigenvalue weighted by Gasteiger charge is 2.11. The van der Waals surface area contributed by atoms with E-state index in [1.807, 2.05) is 30.3 Å². The van der Waals surface area contributed by atoms with E-state index in [2.05, 4.69) is 20.7 Å². The number of amides is 1. The number of nitro benzene ring substituents is 1. The molecule has 9 nitrogen and oxygen atoms in total. The van der Waals surface area contributed by atoms with Crippen LogP contribution in [0.5, 0.6) is 0 Å².